The molecule has 2 heteroatoms. The molecule has 0 saturated carbocycles. The molecule has 2 atom stereocenters. The molecule has 8 rings (SSSR count). The van der Waals surface area contributed by atoms with Crippen LogP contribution >= 0.6 is 0 Å². The first-order chi connectivity index (χ1) is 18.4. The Morgan fingerprint density at radius 2 is 1.16 bits per heavy atom. The standard InChI is InChI=1S/C36H31BO/c1-34(2)33(37-38-35(34,3)4)23-19-20-26-24-13-5-7-16-28(24)36(31(26)21-23)29-17-8-6-14-25(29)27-15-9-11-22-12-10-18-30(36)32(22)27/h5-21,33,37H,1-4H3. The molecule has 0 aromatic heterocycles. The maximum atomic E-state index is 6.39. The lowest BCUT2D eigenvalue weighted by molar-refractivity contribution is 0.0302. The fourth-order valence-electron chi connectivity index (χ4n) is 7.78. The molecule has 38 heavy (non-hydrogen) atoms. The second-order valence-electron chi connectivity index (χ2n) is 12.5. The first kappa shape index (κ1) is 22.4. The fourth-order valence-corrected chi connectivity index (χ4v) is 7.78. The van der Waals surface area contributed by atoms with Crippen LogP contribution in [-0.2, 0) is 10.1 Å². The predicted molar refractivity (Wildman–Crippen MR) is 159 cm³/mol. The zero-order valence-electron chi connectivity index (χ0n) is 22.5. The van der Waals surface area contributed by atoms with E-state index in [0.717, 1.165) is 7.48 Å². The second-order valence-corrected chi connectivity index (χ2v) is 12.5. The molecule has 5 aromatic rings. The maximum Gasteiger partial charge on any atom is 0.283 e. The quantitative estimate of drug-likeness (QED) is 0.210. The van der Waals surface area contributed by atoms with Crippen molar-refractivity contribution < 1.29 is 4.65 Å². The third kappa shape index (κ3) is 2.53. The fraction of sp³-hybridized carbons (Fsp3) is 0.222. The summed E-state index contributed by atoms with van der Waals surface area (Å²) in [5.74, 6) is 0.338. The lowest BCUT2D eigenvalue weighted by Crippen LogP contribution is -2.37. The van der Waals surface area contributed by atoms with Crippen LogP contribution in [0, 0.1) is 5.41 Å². The SMILES string of the molecule is CC1(C)OBC(c2ccc3c(c2)C2(c4ccccc4-3)c3ccccc3-c3cccc4cccc2c34)C1(C)C. The van der Waals surface area contributed by atoms with Crippen molar-refractivity contribution in [2.75, 3.05) is 0 Å². The first-order valence-corrected chi connectivity index (χ1v) is 13.9. The van der Waals surface area contributed by atoms with E-state index in [-0.39, 0.29) is 16.4 Å². The highest BCUT2D eigenvalue weighted by molar-refractivity contribution is 6.32. The highest BCUT2D eigenvalue weighted by atomic mass is 16.5. The first-order valence-electron chi connectivity index (χ1n) is 13.9. The van der Waals surface area contributed by atoms with E-state index < -0.39 is 0 Å². The van der Waals surface area contributed by atoms with Gasteiger partial charge in [-0.25, -0.2) is 0 Å². The van der Waals surface area contributed by atoms with E-state index >= 15 is 0 Å². The van der Waals surface area contributed by atoms with E-state index in [2.05, 4.69) is 131 Å². The zero-order valence-corrected chi connectivity index (χ0v) is 22.5. The van der Waals surface area contributed by atoms with E-state index in [1.54, 1.807) is 0 Å². The van der Waals surface area contributed by atoms with Crippen molar-refractivity contribution in [3.63, 3.8) is 0 Å². The van der Waals surface area contributed by atoms with Crippen molar-refractivity contribution in [3.05, 3.63) is 131 Å². The van der Waals surface area contributed by atoms with E-state index in [0.29, 0.717) is 5.82 Å². The number of hydrogen-bond donors (Lipinski definition) is 0. The summed E-state index contributed by atoms with van der Waals surface area (Å²) >= 11 is 0. The Balaban J connectivity index is 1.51. The Bertz CT molecular complexity index is 1790. The number of fused-ring (bicyclic) bond motifs is 9. The summed E-state index contributed by atoms with van der Waals surface area (Å²) in [5.41, 5.74) is 11.9. The third-order valence-corrected chi connectivity index (χ3v) is 10.4. The van der Waals surface area contributed by atoms with Gasteiger partial charge in [0.05, 0.1) is 11.0 Å². The van der Waals surface area contributed by atoms with Crippen LogP contribution in [0.4, 0.5) is 0 Å². The Morgan fingerprint density at radius 3 is 1.84 bits per heavy atom. The normalized spacial score (nSPS) is 23.1. The molecular formula is C36H31BO. The second kappa shape index (κ2) is 7.27. The van der Waals surface area contributed by atoms with Gasteiger partial charge in [-0.05, 0) is 85.9 Å². The molecule has 1 nitrogen and oxygen atoms in total. The molecule has 0 radical (unpaired) electrons. The number of hydrogen-bond acceptors (Lipinski definition) is 1. The van der Waals surface area contributed by atoms with Crippen LogP contribution in [0.15, 0.2) is 103 Å². The van der Waals surface area contributed by atoms with Crippen molar-refractivity contribution in [3.8, 4) is 22.3 Å². The van der Waals surface area contributed by atoms with E-state index in [4.69, 9.17) is 4.65 Å². The van der Waals surface area contributed by atoms with Gasteiger partial charge in [0.2, 0.25) is 0 Å². The van der Waals surface area contributed by atoms with Crippen LogP contribution in [0.3, 0.4) is 0 Å². The number of rotatable bonds is 1. The summed E-state index contributed by atoms with van der Waals surface area (Å²) in [7, 11) is 0.758. The van der Waals surface area contributed by atoms with E-state index in [1.165, 1.54) is 60.8 Å². The highest BCUT2D eigenvalue weighted by Gasteiger charge is 2.53. The molecule has 2 aliphatic carbocycles. The highest BCUT2D eigenvalue weighted by Crippen LogP contribution is 2.62. The molecule has 0 N–H and O–H groups in total. The molecule has 0 bridgehead atoms. The van der Waals surface area contributed by atoms with Gasteiger partial charge < -0.3 is 4.65 Å². The molecule has 1 fully saturated rings. The summed E-state index contributed by atoms with van der Waals surface area (Å²) in [6.45, 7) is 9.23. The lowest BCUT2D eigenvalue weighted by atomic mass is 9.58. The molecule has 0 amide bonds. The van der Waals surface area contributed by atoms with E-state index in [9.17, 15) is 0 Å². The Kier molecular flexibility index (Phi) is 4.28. The van der Waals surface area contributed by atoms with Crippen LogP contribution < -0.4 is 0 Å². The largest absolute Gasteiger partial charge is 0.434 e. The molecular weight excluding hydrogens is 459 g/mol. The van der Waals surface area contributed by atoms with Crippen LogP contribution in [0.2, 0.25) is 0 Å². The zero-order chi connectivity index (χ0) is 25.9. The minimum Gasteiger partial charge on any atom is -0.434 e. The summed E-state index contributed by atoms with van der Waals surface area (Å²) in [5, 5.41) is 2.69. The Labute approximate surface area is 225 Å². The maximum absolute atomic E-state index is 6.39. The van der Waals surface area contributed by atoms with Crippen molar-refractivity contribution in [1.29, 1.82) is 0 Å². The smallest absolute Gasteiger partial charge is 0.283 e. The van der Waals surface area contributed by atoms with Gasteiger partial charge in [0.25, 0.3) is 7.48 Å². The number of benzene rings is 5. The average Bonchev–Trinajstić information content (AvgIpc) is 3.34. The van der Waals surface area contributed by atoms with Gasteiger partial charge in [-0.3, -0.25) is 0 Å². The van der Waals surface area contributed by atoms with Crippen LogP contribution in [0.25, 0.3) is 33.0 Å². The lowest BCUT2D eigenvalue weighted by Gasteiger charge is -2.41. The molecule has 1 spiro atoms. The summed E-state index contributed by atoms with van der Waals surface area (Å²) in [6.07, 6.45) is 0. The monoisotopic (exact) mass is 490 g/mol. The molecule has 1 aliphatic heterocycles. The topological polar surface area (TPSA) is 9.23 Å². The van der Waals surface area contributed by atoms with E-state index in [1.807, 2.05) is 0 Å². The van der Waals surface area contributed by atoms with Crippen molar-refractivity contribution in [2.45, 2.75) is 44.5 Å². The third-order valence-electron chi connectivity index (χ3n) is 10.4. The Hall–Kier alpha value is -3.62. The average molecular weight is 490 g/mol. The molecule has 184 valence electrons. The summed E-state index contributed by atoms with van der Waals surface area (Å²) < 4.78 is 6.39. The van der Waals surface area contributed by atoms with Gasteiger partial charge in [0.15, 0.2) is 0 Å². The van der Waals surface area contributed by atoms with Crippen molar-refractivity contribution >= 4 is 18.3 Å². The van der Waals surface area contributed by atoms with Crippen molar-refractivity contribution in [1.82, 2.24) is 0 Å². The summed E-state index contributed by atoms with van der Waals surface area (Å²) in [4.78, 5) is 0. The van der Waals surface area contributed by atoms with Gasteiger partial charge >= 0.3 is 0 Å². The summed E-state index contributed by atoms with van der Waals surface area (Å²) in [6, 6.07) is 39.2. The van der Waals surface area contributed by atoms with Crippen molar-refractivity contribution in [2.24, 2.45) is 5.41 Å². The van der Waals surface area contributed by atoms with Gasteiger partial charge in [-0.15, -0.1) is 0 Å². The molecule has 3 aliphatic rings. The van der Waals surface area contributed by atoms with Gasteiger partial charge in [0.1, 0.15) is 0 Å². The van der Waals surface area contributed by atoms with Crippen LogP contribution in [0.5, 0.6) is 0 Å². The predicted octanol–water partition coefficient (Wildman–Crippen LogP) is 8.41. The molecule has 5 aromatic carbocycles. The molecule has 2 unspecified atom stereocenters. The minimum absolute atomic E-state index is 0.0247. The van der Waals surface area contributed by atoms with Gasteiger partial charge in [-0.2, -0.15) is 0 Å². The molecule has 1 saturated heterocycles. The minimum atomic E-state index is -0.356. The van der Waals surface area contributed by atoms with Gasteiger partial charge in [0, 0.05) is 0 Å². The molecule has 1 heterocycles. The van der Waals surface area contributed by atoms with Gasteiger partial charge in [-0.1, -0.05) is 117 Å². The Morgan fingerprint density at radius 1 is 0.579 bits per heavy atom. The van der Waals surface area contributed by atoms with Crippen LogP contribution in [-0.4, -0.2) is 13.1 Å². The van der Waals surface area contributed by atoms with Crippen LogP contribution in [0.1, 0.15) is 61.3 Å².